The lowest BCUT2D eigenvalue weighted by Crippen LogP contribution is -2.56. The second kappa shape index (κ2) is 18.5. The Labute approximate surface area is 295 Å². The normalized spacial score (nSPS) is 46.3. The monoisotopic (exact) mass is 703 g/mol. The van der Waals surface area contributed by atoms with Gasteiger partial charge in [-0.25, -0.2) is 0 Å². The Hall–Kier alpha value is -1.22. The highest BCUT2D eigenvalue weighted by molar-refractivity contribution is 5.83. The summed E-state index contributed by atoms with van der Waals surface area (Å²) in [5.41, 5.74) is -2.56. The van der Waals surface area contributed by atoms with E-state index in [-0.39, 0.29) is 30.1 Å². The van der Waals surface area contributed by atoms with E-state index in [1.54, 1.807) is 34.8 Å². The standard InChI is InChI=1S/C29H52O9.C8H17NO2/c1-11-21-29(9,34)26(32)18(5)23(30)16(3)13-28(8,35-10)14-17(4)25(19(6)27(33)37-21)38-22-12-15(2)24(31)20(7)36-22;1-6-4-7(9(2)3)5-8(10)11-6/h15-22,24-26,31-32,34H,11-14H2,1-10H3;6-8,10H,4-5H2,1-3H3/t15?,16-,17-,18?,19?,20?,21-,22+,24-,25+,26?,28-,29-;/m1./s1. The van der Waals surface area contributed by atoms with Gasteiger partial charge in [-0.05, 0) is 86.2 Å². The molecular weight excluding hydrogens is 634 g/mol. The summed E-state index contributed by atoms with van der Waals surface area (Å²) in [6.07, 6.45) is -1.73. The van der Waals surface area contributed by atoms with Gasteiger partial charge < -0.3 is 49.0 Å². The molecule has 8 unspecified atom stereocenters. The summed E-state index contributed by atoms with van der Waals surface area (Å²) in [6.45, 7) is 18.0. The third-order valence-corrected chi connectivity index (χ3v) is 11.2. The highest BCUT2D eigenvalue weighted by Crippen LogP contribution is 2.38. The Morgan fingerprint density at radius 1 is 0.878 bits per heavy atom. The van der Waals surface area contributed by atoms with E-state index in [0.717, 1.165) is 12.8 Å². The van der Waals surface area contributed by atoms with E-state index in [2.05, 4.69) is 4.90 Å². The molecule has 3 rings (SSSR count). The van der Waals surface area contributed by atoms with Crippen molar-refractivity contribution in [2.24, 2.45) is 29.6 Å². The molecule has 0 aromatic rings. The third-order valence-electron chi connectivity index (χ3n) is 11.2. The van der Waals surface area contributed by atoms with Gasteiger partial charge in [0.2, 0.25) is 0 Å². The summed E-state index contributed by atoms with van der Waals surface area (Å²) in [7, 11) is 5.68. The lowest BCUT2D eigenvalue weighted by Gasteiger charge is -2.43. The Balaban J connectivity index is 0.000000639. The van der Waals surface area contributed by atoms with Crippen LogP contribution in [0.2, 0.25) is 0 Å². The molecule has 12 heteroatoms. The van der Waals surface area contributed by atoms with Gasteiger partial charge in [-0.3, -0.25) is 9.59 Å². The Morgan fingerprint density at radius 3 is 2.00 bits per heavy atom. The SMILES string of the molecule is CC1CC(N(C)C)CC(O)O1.CC[C@H]1OC(=O)C(C)[C@@H](O[C@H]2CC(C)[C@@H](O)C(C)O2)[C@H](C)C[C@](C)(OC)C[C@@H](C)C(=O)C(C)C(O)[C@]1(C)O. The van der Waals surface area contributed by atoms with Crippen molar-refractivity contribution < 1.29 is 53.7 Å². The lowest BCUT2D eigenvalue weighted by atomic mass is 9.75. The van der Waals surface area contributed by atoms with Crippen LogP contribution in [-0.4, -0.2) is 125 Å². The summed E-state index contributed by atoms with van der Waals surface area (Å²) < 4.78 is 29.3. The van der Waals surface area contributed by atoms with Crippen molar-refractivity contribution in [3.05, 3.63) is 0 Å². The van der Waals surface area contributed by atoms with Gasteiger partial charge in [0.15, 0.2) is 12.6 Å². The molecule has 16 atom stereocenters. The van der Waals surface area contributed by atoms with Crippen LogP contribution in [0.15, 0.2) is 0 Å². The maximum atomic E-state index is 13.5. The number of ketones is 1. The topological polar surface area (TPSA) is 164 Å². The molecule has 3 aliphatic heterocycles. The predicted octanol–water partition coefficient (Wildman–Crippen LogP) is 3.68. The van der Waals surface area contributed by atoms with E-state index < -0.39 is 78.0 Å². The number of ether oxygens (including phenoxy) is 5. The Kier molecular flexibility index (Phi) is 16.6. The number of hydrogen-bond acceptors (Lipinski definition) is 12. The van der Waals surface area contributed by atoms with Crippen molar-refractivity contribution in [2.45, 2.75) is 174 Å². The van der Waals surface area contributed by atoms with Gasteiger partial charge in [-0.15, -0.1) is 0 Å². The number of hydrogen-bond donors (Lipinski definition) is 4. The molecule has 0 aromatic carbocycles. The highest BCUT2D eigenvalue weighted by Gasteiger charge is 2.48. The highest BCUT2D eigenvalue weighted by atomic mass is 16.7. The van der Waals surface area contributed by atoms with Crippen LogP contribution in [0, 0.1) is 29.6 Å². The van der Waals surface area contributed by atoms with Crippen molar-refractivity contribution in [3.63, 3.8) is 0 Å². The van der Waals surface area contributed by atoms with Crippen molar-refractivity contribution in [1.29, 1.82) is 0 Å². The van der Waals surface area contributed by atoms with Crippen molar-refractivity contribution >= 4 is 11.8 Å². The fourth-order valence-corrected chi connectivity index (χ4v) is 7.90. The first-order chi connectivity index (χ1) is 22.6. The zero-order chi connectivity index (χ0) is 37.6. The van der Waals surface area contributed by atoms with Gasteiger partial charge in [0.1, 0.15) is 17.5 Å². The van der Waals surface area contributed by atoms with E-state index in [4.69, 9.17) is 23.7 Å². The van der Waals surface area contributed by atoms with E-state index in [9.17, 15) is 30.0 Å². The average Bonchev–Trinajstić information content (AvgIpc) is 3.02. The average molecular weight is 704 g/mol. The number of carbonyl (C=O) groups is 2. The number of cyclic esters (lactones) is 1. The molecule has 0 spiro atoms. The maximum absolute atomic E-state index is 13.5. The maximum Gasteiger partial charge on any atom is 0.311 e. The minimum atomic E-state index is -1.84. The molecule has 3 heterocycles. The van der Waals surface area contributed by atoms with Crippen LogP contribution in [0.25, 0.3) is 0 Å². The fraction of sp³-hybridized carbons (Fsp3) is 0.946. The number of methoxy groups -OCH3 is 1. The van der Waals surface area contributed by atoms with Crippen LogP contribution in [0.5, 0.6) is 0 Å². The summed E-state index contributed by atoms with van der Waals surface area (Å²) in [4.78, 5) is 29.0. The molecule has 0 saturated carbocycles. The zero-order valence-electron chi connectivity index (χ0n) is 32.4. The number of esters is 1. The fourth-order valence-electron chi connectivity index (χ4n) is 7.90. The lowest BCUT2D eigenvalue weighted by molar-refractivity contribution is -0.262. The molecule has 49 heavy (non-hydrogen) atoms. The molecule has 3 fully saturated rings. The number of Topliss-reactive ketones (excluding diaryl/α,β-unsaturated/α-hetero) is 1. The zero-order valence-corrected chi connectivity index (χ0v) is 32.4. The number of nitrogens with zero attached hydrogens (tertiary/aromatic N) is 1. The van der Waals surface area contributed by atoms with Gasteiger partial charge in [0, 0.05) is 37.8 Å². The second-order valence-corrected chi connectivity index (χ2v) is 16.0. The van der Waals surface area contributed by atoms with Gasteiger partial charge in [0.25, 0.3) is 0 Å². The third kappa shape index (κ3) is 11.6. The first-order valence-electron chi connectivity index (χ1n) is 18.3. The number of carbonyl (C=O) groups excluding carboxylic acids is 2. The molecule has 3 saturated heterocycles. The Morgan fingerprint density at radius 2 is 1.49 bits per heavy atom. The molecule has 0 amide bonds. The first kappa shape index (κ1) is 43.9. The van der Waals surface area contributed by atoms with E-state index in [1.807, 2.05) is 48.7 Å². The van der Waals surface area contributed by atoms with E-state index in [1.165, 1.54) is 6.92 Å². The minimum absolute atomic E-state index is 0.0426. The van der Waals surface area contributed by atoms with Crippen LogP contribution in [0.4, 0.5) is 0 Å². The van der Waals surface area contributed by atoms with Crippen molar-refractivity contribution in [3.8, 4) is 0 Å². The molecule has 3 aliphatic rings. The summed E-state index contributed by atoms with van der Waals surface area (Å²) >= 11 is 0. The van der Waals surface area contributed by atoms with Crippen LogP contribution in [0.3, 0.4) is 0 Å². The molecule has 0 radical (unpaired) electrons. The molecule has 4 N–H and O–H groups in total. The van der Waals surface area contributed by atoms with Crippen LogP contribution < -0.4 is 0 Å². The van der Waals surface area contributed by atoms with Gasteiger partial charge in [-0.2, -0.15) is 0 Å². The van der Waals surface area contributed by atoms with Crippen LogP contribution >= 0.6 is 0 Å². The van der Waals surface area contributed by atoms with E-state index in [0.29, 0.717) is 25.3 Å². The summed E-state index contributed by atoms with van der Waals surface area (Å²) in [6, 6.07) is 0.466. The second-order valence-electron chi connectivity index (χ2n) is 16.0. The molecule has 0 aromatic heterocycles. The largest absolute Gasteiger partial charge is 0.459 e. The van der Waals surface area contributed by atoms with Crippen molar-refractivity contribution in [2.75, 3.05) is 21.2 Å². The summed E-state index contributed by atoms with van der Waals surface area (Å²) in [5, 5.41) is 42.0. The number of rotatable bonds is 5. The number of aliphatic hydroxyl groups excluding tert-OH is 3. The molecule has 0 aliphatic carbocycles. The van der Waals surface area contributed by atoms with Gasteiger partial charge >= 0.3 is 5.97 Å². The van der Waals surface area contributed by atoms with Crippen LogP contribution in [-0.2, 0) is 33.3 Å². The van der Waals surface area contributed by atoms with Crippen molar-refractivity contribution in [1.82, 2.24) is 4.90 Å². The molecule has 12 nitrogen and oxygen atoms in total. The predicted molar refractivity (Wildman–Crippen MR) is 185 cm³/mol. The van der Waals surface area contributed by atoms with Gasteiger partial charge in [-0.1, -0.05) is 34.6 Å². The Bertz CT molecular complexity index is 1020. The first-order valence-corrected chi connectivity index (χ1v) is 18.3. The smallest absolute Gasteiger partial charge is 0.311 e. The summed E-state index contributed by atoms with van der Waals surface area (Å²) in [5.74, 6) is -3.04. The molecular formula is C37H69NO11. The minimum Gasteiger partial charge on any atom is -0.459 e. The van der Waals surface area contributed by atoms with E-state index >= 15 is 0 Å². The van der Waals surface area contributed by atoms with Crippen LogP contribution in [0.1, 0.15) is 108 Å². The molecule has 288 valence electrons. The quantitative estimate of drug-likeness (QED) is 0.308. The number of aliphatic hydroxyl groups is 4. The molecule has 0 bridgehead atoms. The van der Waals surface area contributed by atoms with Gasteiger partial charge in [0.05, 0.1) is 42.0 Å².